The third-order valence-electron chi connectivity index (χ3n) is 1.94. The SMILES string of the molecule is Cc1ccc(NS(=O)(=O)CCCCl)c(Cl)c1. The van der Waals surface area contributed by atoms with Gasteiger partial charge in [0.25, 0.3) is 0 Å². The third-order valence-corrected chi connectivity index (χ3v) is 3.87. The van der Waals surface area contributed by atoms with Gasteiger partial charge in [0.05, 0.1) is 16.5 Å². The van der Waals surface area contributed by atoms with Crippen LogP contribution in [0, 0.1) is 6.92 Å². The largest absolute Gasteiger partial charge is 0.282 e. The van der Waals surface area contributed by atoms with Crippen LogP contribution < -0.4 is 4.72 Å². The molecule has 90 valence electrons. The second-order valence-electron chi connectivity index (χ2n) is 3.45. The molecule has 0 spiro atoms. The average Bonchev–Trinajstić information content (AvgIpc) is 2.19. The van der Waals surface area contributed by atoms with E-state index in [0.717, 1.165) is 5.56 Å². The van der Waals surface area contributed by atoms with Crippen molar-refractivity contribution in [3.05, 3.63) is 28.8 Å². The first-order valence-corrected chi connectivity index (χ1v) is 7.34. The Balaban J connectivity index is 2.80. The molecule has 0 aliphatic rings. The molecule has 0 amide bonds. The predicted molar refractivity (Wildman–Crippen MR) is 68.9 cm³/mol. The van der Waals surface area contributed by atoms with Gasteiger partial charge in [-0.25, -0.2) is 8.42 Å². The zero-order chi connectivity index (χ0) is 12.2. The Labute approximate surface area is 106 Å². The third kappa shape index (κ3) is 4.20. The number of aryl methyl sites for hydroxylation is 1. The molecule has 0 bridgehead atoms. The molecule has 0 radical (unpaired) electrons. The molecule has 1 aromatic carbocycles. The Kier molecular flexibility index (Phi) is 4.89. The van der Waals surface area contributed by atoms with Crippen LogP contribution in [0.4, 0.5) is 5.69 Å². The average molecular weight is 282 g/mol. The minimum Gasteiger partial charge on any atom is -0.282 e. The predicted octanol–water partition coefficient (Wildman–Crippen LogP) is 3.02. The van der Waals surface area contributed by atoms with Crippen LogP contribution >= 0.6 is 23.2 Å². The Morgan fingerprint density at radius 3 is 2.62 bits per heavy atom. The minimum atomic E-state index is -3.35. The van der Waals surface area contributed by atoms with Gasteiger partial charge in [-0.2, -0.15) is 0 Å². The number of anilines is 1. The summed E-state index contributed by atoms with van der Waals surface area (Å²) >= 11 is 11.4. The molecule has 0 aliphatic carbocycles. The first-order chi connectivity index (χ1) is 7.44. The van der Waals surface area contributed by atoms with Crippen molar-refractivity contribution in [2.75, 3.05) is 16.4 Å². The zero-order valence-electron chi connectivity index (χ0n) is 8.83. The Morgan fingerprint density at radius 1 is 1.38 bits per heavy atom. The molecule has 0 fully saturated rings. The highest BCUT2D eigenvalue weighted by molar-refractivity contribution is 7.92. The molecule has 0 saturated carbocycles. The van der Waals surface area contributed by atoms with E-state index in [0.29, 0.717) is 23.0 Å². The summed E-state index contributed by atoms with van der Waals surface area (Å²) in [4.78, 5) is 0. The molecule has 0 atom stereocenters. The van der Waals surface area contributed by atoms with Crippen LogP contribution in [0.15, 0.2) is 18.2 Å². The van der Waals surface area contributed by atoms with Crippen molar-refractivity contribution in [1.29, 1.82) is 0 Å². The molecule has 0 aromatic heterocycles. The van der Waals surface area contributed by atoms with E-state index in [4.69, 9.17) is 23.2 Å². The summed E-state index contributed by atoms with van der Waals surface area (Å²) in [7, 11) is -3.35. The van der Waals surface area contributed by atoms with Crippen molar-refractivity contribution < 1.29 is 8.42 Å². The van der Waals surface area contributed by atoms with Crippen LogP contribution in [-0.4, -0.2) is 20.1 Å². The summed E-state index contributed by atoms with van der Waals surface area (Å²) in [5, 5.41) is 0.398. The smallest absolute Gasteiger partial charge is 0.232 e. The monoisotopic (exact) mass is 281 g/mol. The maximum Gasteiger partial charge on any atom is 0.232 e. The van der Waals surface area contributed by atoms with Crippen LogP contribution in [0.1, 0.15) is 12.0 Å². The minimum absolute atomic E-state index is 0.000700. The molecule has 0 heterocycles. The summed E-state index contributed by atoms with van der Waals surface area (Å²) in [6, 6.07) is 5.15. The van der Waals surface area contributed by atoms with Gasteiger partial charge in [-0.3, -0.25) is 4.72 Å². The van der Waals surface area contributed by atoms with Crippen LogP contribution in [-0.2, 0) is 10.0 Å². The lowest BCUT2D eigenvalue weighted by Crippen LogP contribution is -2.17. The molecule has 16 heavy (non-hydrogen) atoms. The van der Waals surface area contributed by atoms with Gasteiger partial charge in [-0.05, 0) is 31.0 Å². The summed E-state index contributed by atoms with van der Waals surface area (Å²) in [5.41, 5.74) is 1.38. The van der Waals surface area contributed by atoms with Crippen molar-refractivity contribution in [3.8, 4) is 0 Å². The van der Waals surface area contributed by atoms with Gasteiger partial charge >= 0.3 is 0 Å². The Morgan fingerprint density at radius 2 is 2.06 bits per heavy atom. The topological polar surface area (TPSA) is 46.2 Å². The molecular weight excluding hydrogens is 269 g/mol. The number of alkyl halides is 1. The van der Waals surface area contributed by atoms with Crippen LogP contribution in [0.3, 0.4) is 0 Å². The number of hydrogen-bond acceptors (Lipinski definition) is 2. The maximum atomic E-state index is 11.6. The van der Waals surface area contributed by atoms with Crippen molar-refractivity contribution >= 4 is 38.9 Å². The number of halogens is 2. The first-order valence-electron chi connectivity index (χ1n) is 4.77. The van der Waals surface area contributed by atoms with Gasteiger partial charge in [0.1, 0.15) is 0 Å². The van der Waals surface area contributed by atoms with E-state index in [1.807, 2.05) is 6.92 Å². The van der Waals surface area contributed by atoms with Crippen molar-refractivity contribution in [1.82, 2.24) is 0 Å². The molecule has 3 nitrogen and oxygen atoms in total. The number of benzene rings is 1. The number of hydrogen-bond donors (Lipinski definition) is 1. The quantitative estimate of drug-likeness (QED) is 0.844. The summed E-state index contributed by atoms with van der Waals surface area (Å²) in [6.45, 7) is 1.89. The molecule has 0 aliphatic heterocycles. The Bertz CT molecular complexity index is 460. The van der Waals surface area contributed by atoms with Crippen LogP contribution in [0.25, 0.3) is 0 Å². The highest BCUT2D eigenvalue weighted by Gasteiger charge is 2.11. The summed E-state index contributed by atoms with van der Waals surface area (Å²) in [5.74, 6) is 0.323. The van der Waals surface area contributed by atoms with E-state index in [9.17, 15) is 8.42 Å². The lowest BCUT2D eigenvalue weighted by Gasteiger charge is -2.09. The van der Waals surface area contributed by atoms with Gasteiger partial charge in [-0.15, -0.1) is 11.6 Å². The number of nitrogens with one attached hydrogen (secondary N) is 1. The van der Waals surface area contributed by atoms with Gasteiger partial charge < -0.3 is 0 Å². The molecule has 0 saturated heterocycles. The standard InChI is InChI=1S/C10H13Cl2NO2S/c1-8-3-4-10(9(12)7-8)13-16(14,15)6-2-5-11/h3-4,7,13H,2,5-6H2,1H3. The fourth-order valence-corrected chi connectivity index (χ4v) is 2.94. The van der Waals surface area contributed by atoms with Crippen molar-refractivity contribution in [3.63, 3.8) is 0 Å². The van der Waals surface area contributed by atoms with Gasteiger partial charge in [-0.1, -0.05) is 17.7 Å². The van der Waals surface area contributed by atoms with Crippen LogP contribution in [0.5, 0.6) is 0 Å². The number of rotatable bonds is 5. The van der Waals surface area contributed by atoms with E-state index in [-0.39, 0.29) is 5.75 Å². The summed E-state index contributed by atoms with van der Waals surface area (Å²) in [6.07, 6.45) is 0.417. The fraction of sp³-hybridized carbons (Fsp3) is 0.400. The number of sulfonamides is 1. The second kappa shape index (κ2) is 5.75. The molecular formula is C10H13Cl2NO2S. The zero-order valence-corrected chi connectivity index (χ0v) is 11.2. The highest BCUT2D eigenvalue weighted by Crippen LogP contribution is 2.23. The molecule has 1 rings (SSSR count). The maximum absolute atomic E-state index is 11.6. The highest BCUT2D eigenvalue weighted by atomic mass is 35.5. The summed E-state index contributed by atoms with van der Waals surface area (Å²) < 4.78 is 25.6. The van der Waals surface area contributed by atoms with Crippen molar-refractivity contribution in [2.24, 2.45) is 0 Å². The molecule has 1 N–H and O–H groups in total. The lowest BCUT2D eigenvalue weighted by atomic mass is 10.2. The fourth-order valence-electron chi connectivity index (χ4n) is 1.17. The first kappa shape index (κ1) is 13.6. The molecule has 1 aromatic rings. The molecule has 0 unspecified atom stereocenters. The van der Waals surface area contributed by atoms with E-state index >= 15 is 0 Å². The lowest BCUT2D eigenvalue weighted by molar-refractivity contribution is 0.600. The van der Waals surface area contributed by atoms with E-state index in [2.05, 4.69) is 4.72 Å². The normalized spacial score (nSPS) is 11.4. The van der Waals surface area contributed by atoms with Gasteiger partial charge in [0.15, 0.2) is 0 Å². The van der Waals surface area contributed by atoms with E-state index in [1.165, 1.54) is 0 Å². The second-order valence-corrected chi connectivity index (χ2v) is 6.07. The van der Waals surface area contributed by atoms with E-state index < -0.39 is 10.0 Å². The van der Waals surface area contributed by atoms with E-state index in [1.54, 1.807) is 18.2 Å². The van der Waals surface area contributed by atoms with Crippen molar-refractivity contribution in [2.45, 2.75) is 13.3 Å². The van der Waals surface area contributed by atoms with Gasteiger partial charge in [0, 0.05) is 5.88 Å². The Hall–Kier alpha value is -0.450. The van der Waals surface area contributed by atoms with Gasteiger partial charge in [0.2, 0.25) is 10.0 Å². The van der Waals surface area contributed by atoms with Crippen LogP contribution in [0.2, 0.25) is 5.02 Å². The molecule has 6 heteroatoms.